The van der Waals surface area contributed by atoms with Crippen LogP contribution in [0.1, 0.15) is 26.3 Å². The highest BCUT2D eigenvalue weighted by molar-refractivity contribution is 9.10. The van der Waals surface area contributed by atoms with Gasteiger partial charge in [-0.1, -0.05) is 53.5 Å². The minimum absolute atomic E-state index is 0.110. The first-order chi connectivity index (χ1) is 16.3. The molecule has 8 nitrogen and oxygen atoms in total. The van der Waals surface area contributed by atoms with E-state index in [1.54, 1.807) is 13.0 Å². The summed E-state index contributed by atoms with van der Waals surface area (Å²) in [4.78, 5) is 27.8. The highest BCUT2D eigenvalue weighted by atomic mass is 79.9. The van der Waals surface area contributed by atoms with E-state index in [-0.39, 0.29) is 34.8 Å². The third-order valence-electron chi connectivity index (χ3n) is 5.18. The highest BCUT2D eigenvalue weighted by Gasteiger charge is 2.31. The first kappa shape index (κ1) is 28.9. The average Bonchev–Trinajstić information content (AvgIpc) is 2.78. The fourth-order valence-electron chi connectivity index (χ4n) is 3.32. The molecule has 0 fully saturated rings. The molecule has 2 aromatic carbocycles. The summed E-state index contributed by atoms with van der Waals surface area (Å²) in [5.74, 6) is -0.400. The number of amides is 2. The van der Waals surface area contributed by atoms with E-state index in [1.165, 1.54) is 24.1 Å². The van der Waals surface area contributed by atoms with Crippen molar-refractivity contribution in [2.75, 3.05) is 30.8 Å². The van der Waals surface area contributed by atoms with E-state index in [1.807, 2.05) is 38.1 Å². The Kier molecular flexibility index (Phi) is 10.4. The Morgan fingerprint density at radius 1 is 1.14 bits per heavy atom. The van der Waals surface area contributed by atoms with Crippen molar-refractivity contribution in [3.8, 4) is 5.75 Å². The quantitative estimate of drug-likeness (QED) is 0.427. The number of benzene rings is 2. The van der Waals surface area contributed by atoms with Crippen LogP contribution in [0.2, 0.25) is 5.02 Å². The van der Waals surface area contributed by atoms with Crippen molar-refractivity contribution in [2.24, 2.45) is 5.92 Å². The Morgan fingerprint density at radius 2 is 1.83 bits per heavy atom. The Balaban J connectivity index is 2.44. The van der Waals surface area contributed by atoms with Crippen LogP contribution < -0.4 is 14.4 Å². The molecule has 1 N–H and O–H groups in total. The molecule has 0 saturated carbocycles. The number of nitrogens with zero attached hydrogens (tertiary/aromatic N) is 2. The topological polar surface area (TPSA) is 96.0 Å². The summed E-state index contributed by atoms with van der Waals surface area (Å²) < 4.78 is 32.5. The Bertz CT molecular complexity index is 1160. The fourth-order valence-corrected chi connectivity index (χ4v) is 4.78. The number of hydrogen-bond acceptors (Lipinski definition) is 5. The van der Waals surface area contributed by atoms with Crippen molar-refractivity contribution in [3.05, 3.63) is 57.5 Å². The third kappa shape index (κ3) is 8.40. The van der Waals surface area contributed by atoms with Crippen LogP contribution in [0.5, 0.6) is 5.75 Å². The minimum Gasteiger partial charge on any atom is -0.495 e. The number of ether oxygens (including phenoxy) is 1. The van der Waals surface area contributed by atoms with Crippen LogP contribution in [0, 0.1) is 5.92 Å². The van der Waals surface area contributed by atoms with E-state index >= 15 is 0 Å². The van der Waals surface area contributed by atoms with Gasteiger partial charge in [0.15, 0.2) is 0 Å². The maximum atomic E-state index is 13.6. The van der Waals surface area contributed by atoms with E-state index in [2.05, 4.69) is 21.2 Å². The van der Waals surface area contributed by atoms with Crippen LogP contribution in [0.15, 0.2) is 46.9 Å². The number of methoxy groups -OCH3 is 1. The standard InChI is InChI=1S/C24H31BrClN3O5S/c1-16(2)13-27-24(31)17(3)28(14-18-7-6-8-19(25)11-18)23(30)15-29(35(5,32)33)21-12-20(26)9-10-22(21)34-4/h6-12,16-17H,13-15H2,1-5H3,(H,27,31)/t17-/m1/s1. The van der Waals surface area contributed by atoms with Crippen LogP contribution in [0.3, 0.4) is 0 Å². The molecular formula is C24H31BrClN3O5S. The number of hydrogen-bond donors (Lipinski definition) is 1. The normalized spacial score (nSPS) is 12.2. The molecule has 192 valence electrons. The van der Waals surface area contributed by atoms with E-state index in [0.717, 1.165) is 20.6 Å². The Labute approximate surface area is 220 Å². The summed E-state index contributed by atoms with van der Waals surface area (Å²) in [5.41, 5.74) is 0.914. The van der Waals surface area contributed by atoms with Crippen molar-refractivity contribution in [1.82, 2.24) is 10.2 Å². The summed E-state index contributed by atoms with van der Waals surface area (Å²) in [7, 11) is -2.51. The molecule has 0 radical (unpaired) electrons. The molecule has 0 aliphatic carbocycles. The zero-order valence-corrected chi connectivity index (χ0v) is 23.6. The summed E-state index contributed by atoms with van der Waals surface area (Å²) in [6.45, 7) is 5.59. The predicted octanol–water partition coefficient (Wildman–Crippen LogP) is 4.07. The van der Waals surface area contributed by atoms with Gasteiger partial charge in [0.2, 0.25) is 21.8 Å². The molecule has 0 aliphatic rings. The Hall–Kier alpha value is -2.30. The van der Waals surface area contributed by atoms with Crippen molar-refractivity contribution in [1.29, 1.82) is 0 Å². The molecule has 0 aromatic heterocycles. The van der Waals surface area contributed by atoms with E-state index in [4.69, 9.17) is 16.3 Å². The number of nitrogens with one attached hydrogen (secondary N) is 1. The van der Waals surface area contributed by atoms with Gasteiger partial charge in [-0.3, -0.25) is 13.9 Å². The van der Waals surface area contributed by atoms with Gasteiger partial charge in [-0.25, -0.2) is 8.42 Å². The van der Waals surface area contributed by atoms with Gasteiger partial charge in [0.1, 0.15) is 18.3 Å². The van der Waals surface area contributed by atoms with E-state index in [0.29, 0.717) is 6.54 Å². The summed E-state index contributed by atoms with van der Waals surface area (Å²) in [5, 5.41) is 3.13. The van der Waals surface area contributed by atoms with Crippen LogP contribution in [0.25, 0.3) is 0 Å². The minimum atomic E-state index is -3.90. The lowest BCUT2D eigenvalue weighted by Crippen LogP contribution is -2.51. The van der Waals surface area contributed by atoms with Gasteiger partial charge in [-0.15, -0.1) is 0 Å². The third-order valence-corrected chi connectivity index (χ3v) is 7.04. The van der Waals surface area contributed by atoms with Crippen LogP contribution >= 0.6 is 27.5 Å². The Morgan fingerprint density at radius 3 is 2.40 bits per heavy atom. The van der Waals surface area contributed by atoms with E-state index in [9.17, 15) is 18.0 Å². The summed E-state index contributed by atoms with van der Waals surface area (Å²) >= 11 is 9.53. The van der Waals surface area contributed by atoms with Crippen molar-refractivity contribution >= 4 is 55.1 Å². The first-order valence-electron chi connectivity index (χ1n) is 11.0. The number of rotatable bonds is 11. The monoisotopic (exact) mass is 587 g/mol. The van der Waals surface area contributed by atoms with Crippen LogP contribution in [-0.4, -0.2) is 57.6 Å². The number of halogens is 2. The second-order valence-electron chi connectivity index (χ2n) is 8.55. The van der Waals surface area contributed by atoms with Crippen molar-refractivity contribution in [2.45, 2.75) is 33.4 Å². The molecule has 2 aromatic rings. The lowest BCUT2D eigenvalue weighted by Gasteiger charge is -2.32. The fraction of sp³-hybridized carbons (Fsp3) is 0.417. The second-order valence-corrected chi connectivity index (χ2v) is 11.8. The molecule has 2 amide bonds. The smallest absolute Gasteiger partial charge is 0.244 e. The predicted molar refractivity (Wildman–Crippen MR) is 142 cm³/mol. The molecule has 11 heteroatoms. The maximum absolute atomic E-state index is 13.6. The summed E-state index contributed by atoms with van der Waals surface area (Å²) in [6, 6.07) is 11.0. The lowest BCUT2D eigenvalue weighted by molar-refractivity contribution is -0.139. The molecule has 0 saturated heterocycles. The van der Waals surface area contributed by atoms with Crippen LogP contribution in [0.4, 0.5) is 5.69 Å². The maximum Gasteiger partial charge on any atom is 0.244 e. The second kappa shape index (κ2) is 12.6. The van der Waals surface area contributed by atoms with Crippen molar-refractivity contribution in [3.63, 3.8) is 0 Å². The zero-order valence-electron chi connectivity index (χ0n) is 20.4. The SMILES string of the molecule is COc1ccc(Cl)cc1N(CC(=O)N(Cc1cccc(Br)c1)[C@H](C)C(=O)NCC(C)C)S(C)(=O)=O. The van der Waals surface area contributed by atoms with Gasteiger partial charge in [-0.05, 0) is 48.7 Å². The molecule has 2 rings (SSSR count). The molecular weight excluding hydrogens is 558 g/mol. The van der Waals surface area contributed by atoms with Gasteiger partial charge in [-0.2, -0.15) is 0 Å². The summed E-state index contributed by atoms with van der Waals surface area (Å²) in [6.07, 6.45) is 0.998. The lowest BCUT2D eigenvalue weighted by atomic mass is 10.1. The van der Waals surface area contributed by atoms with Gasteiger partial charge in [0.25, 0.3) is 0 Å². The number of anilines is 1. The van der Waals surface area contributed by atoms with Gasteiger partial charge >= 0.3 is 0 Å². The van der Waals surface area contributed by atoms with Gasteiger partial charge in [0, 0.05) is 22.6 Å². The number of carbonyl (C=O) groups is 2. The average molecular weight is 589 g/mol. The molecule has 0 unspecified atom stereocenters. The van der Waals surface area contributed by atoms with Crippen LogP contribution in [-0.2, 0) is 26.2 Å². The number of carbonyl (C=O) groups excluding carboxylic acids is 2. The van der Waals surface area contributed by atoms with E-state index < -0.39 is 28.5 Å². The molecule has 0 heterocycles. The van der Waals surface area contributed by atoms with Gasteiger partial charge in [0.05, 0.1) is 19.1 Å². The molecule has 0 bridgehead atoms. The molecule has 35 heavy (non-hydrogen) atoms. The highest BCUT2D eigenvalue weighted by Crippen LogP contribution is 2.33. The molecule has 0 spiro atoms. The van der Waals surface area contributed by atoms with Gasteiger partial charge < -0.3 is 15.0 Å². The zero-order chi connectivity index (χ0) is 26.3. The largest absolute Gasteiger partial charge is 0.495 e. The number of sulfonamides is 1. The van der Waals surface area contributed by atoms with Crippen molar-refractivity contribution < 1.29 is 22.7 Å². The first-order valence-corrected chi connectivity index (χ1v) is 14.0. The molecule has 1 atom stereocenters. The molecule has 0 aliphatic heterocycles.